The van der Waals surface area contributed by atoms with Crippen LogP contribution in [0.5, 0.6) is 0 Å². The normalized spacial score (nSPS) is 14.6. The van der Waals surface area contributed by atoms with E-state index in [9.17, 15) is 0 Å². The largest absolute Gasteiger partial charge is 0.309 e. The number of rotatable bonds is 2. The van der Waals surface area contributed by atoms with E-state index >= 15 is 0 Å². The van der Waals surface area contributed by atoms with Gasteiger partial charge in [0.1, 0.15) is 0 Å². The quantitative estimate of drug-likeness (QED) is 0.242. The Morgan fingerprint density at radius 3 is 2.28 bits per heavy atom. The summed E-state index contributed by atoms with van der Waals surface area (Å²) >= 11 is 0. The Labute approximate surface area is 210 Å². The van der Waals surface area contributed by atoms with Crippen molar-refractivity contribution in [1.29, 1.82) is 0 Å². The molecule has 1 aliphatic carbocycles. The molecule has 1 nitrogen and oxygen atoms in total. The summed E-state index contributed by atoms with van der Waals surface area (Å²) in [4.78, 5) is 0. The van der Waals surface area contributed by atoms with Gasteiger partial charge in [-0.2, -0.15) is 0 Å². The molecule has 1 aromatic heterocycles. The highest BCUT2D eigenvalue weighted by Gasteiger charge is 2.29. The highest BCUT2D eigenvalue weighted by Crippen LogP contribution is 2.50. The second kappa shape index (κ2) is 7.32. The summed E-state index contributed by atoms with van der Waals surface area (Å²) in [5.41, 5.74) is 9.50. The Hall–Kier alpha value is -4.36. The highest BCUT2D eigenvalue weighted by molar-refractivity contribution is 6.23. The first-order chi connectivity index (χ1) is 17.8. The van der Waals surface area contributed by atoms with E-state index in [1.54, 1.807) is 0 Å². The average molecular weight is 460 g/mol. The molecule has 1 aliphatic rings. The first-order valence-corrected chi connectivity index (χ1v) is 12.9. The predicted molar refractivity (Wildman–Crippen MR) is 153 cm³/mol. The fourth-order valence-electron chi connectivity index (χ4n) is 6.71. The molecule has 36 heavy (non-hydrogen) atoms. The lowest BCUT2D eigenvalue weighted by Gasteiger charge is -2.13. The SMILES string of the molecule is CCC1c2ccccc2-c2c1ccc1c2ccc2c1c1ccccc1n2-c1ccc2ccccc2c1. The topological polar surface area (TPSA) is 4.93 Å². The maximum absolute atomic E-state index is 2.44. The molecule has 0 saturated heterocycles. The van der Waals surface area contributed by atoms with Crippen LogP contribution in [0.2, 0.25) is 0 Å². The molecule has 0 fully saturated rings. The van der Waals surface area contributed by atoms with Crippen molar-refractivity contribution in [1.82, 2.24) is 4.57 Å². The van der Waals surface area contributed by atoms with Crippen LogP contribution in [0.3, 0.4) is 0 Å². The maximum Gasteiger partial charge on any atom is 0.0547 e. The molecule has 8 rings (SSSR count). The van der Waals surface area contributed by atoms with Crippen LogP contribution in [0.15, 0.2) is 115 Å². The molecule has 0 bridgehead atoms. The number of hydrogen-bond acceptors (Lipinski definition) is 0. The van der Waals surface area contributed by atoms with Gasteiger partial charge in [-0.3, -0.25) is 0 Å². The van der Waals surface area contributed by atoms with Crippen LogP contribution in [0.1, 0.15) is 30.4 Å². The number of fused-ring (bicyclic) bond motifs is 10. The van der Waals surface area contributed by atoms with E-state index in [0.717, 1.165) is 6.42 Å². The van der Waals surface area contributed by atoms with Crippen LogP contribution in [0, 0.1) is 0 Å². The zero-order valence-electron chi connectivity index (χ0n) is 20.2. The summed E-state index contributed by atoms with van der Waals surface area (Å²) in [6, 6.07) is 42.8. The summed E-state index contributed by atoms with van der Waals surface area (Å²) in [5, 5.41) is 7.90. The van der Waals surface area contributed by atoms with Crippen molar-refractivity contribution in [3.05, 3.63) is 126 Å². The Kier molecular flexibility index (Phi) is 4.05. The van der Waals surface area contributed by atoms with Crippen molar-refractivity contribution in [2.75, 3.05) is 0 Å². The van der Waals surface area contributed by atoms with Gasteiger partial charge in [0.15, 0.2) is 0 Å². The second-order valence-electron chi connectivity index (χ2n) is 10.0. The summed E-state index contributed by atoms with van der Waals surface area (Å²) in [5.74, 6) is 0.482. The molecule has 0 aliphatic heterocycles. The van der Waals surface area contributed by atoms with Crippen molar-refractivity contribution in [2.24, 2.45) is 0 Å². The van der Waals surface area contributed by atoms with Gasteiger partial charge in [0, 0.05) is 22.4 Å². The van der Waals surface area contributed by atoms with Crippen LogP contribution in [0.4, 0.5) is 0 Å². The molecule has 6 aromatic carbocycles. The van der Waals surface area contributed by atoms with Gasteiger partial charge in [-0.25, -0.2) is 0 Å². The van der Waals surface area contributed by atoms with Gasteiger partial charge in [0.25, 0.3) is 0 Å². The molecule has 1 atom stereocenters. The predicted octanol–water partition coefficient (Wildman–Crippen LogP) is 9.61. The van der Waals surface area contributed by atoms with Crippen LogP contribution in [0.25, 0.3) is 60.2 Å². The number of nitrogens with zero attached hydrogens (tertiary/aromatic N) is 1. The summed E-state index contributed by atoms with van der Waals surface area (Å²) < 4.78 is 2.44. The summed E-state index contributed by atoms with van der Waals surface area (Å²) in [6.07, 6.45) is 1.12. The first-order valence-electron chi connectivity index (χ1n) is 12.9. The fourth-order valence-corrected chi connectivity index (χ4v) is 6.71. The van der Waals surface area contributed by atoms with E-state index in [2.05, 4.69) is 127 Å². The minimum atomic E-state index is 0.482. The van der Waals surface area contributed by atoms with Crippen LogP contribution >= 0.6 is 0 Å². The number of para-hydroxylation sites is 1. The van der Waals surface area contributed by atoms with Gasteiger partial charge in [-0.05, 0) is 74.5 Å². The van der Waals surface area contributed by atoms with E-state index in [-0.39, 0.29) is 0 Å². The van der Waals surface area contributed by atoms with Gasteiger partial charge >= 0.3 is 0 Å². The van der Waals surface area contributed by atoms with Gasteiger partial charge in [-0.15, -0.1) is 0 Å². The number of benzene rings is 6. The molecule has 170 valence electrons. The number of hydrogen-bond donors (Lipinski definition) is 0. The third kappa shape index (κ3) is 2.55. The smallest absolute Gasteiger partial charge is 0.0547 e. The van der Waals surface area contributed by atoms with E-state index in [4.69, 9.17) is 0 Å². The maximum atomic E-state index is 2.44. The van der Waals surface area contributed by atoms with E-state index < -0.39 is 0 Å². The van der Waals surface area contributed by atoms with Gasteiger partial charge in [0.2, 0.25) is 0 Å². The first kappa shape index (κ1) is 19.9. The van der Waals surface area contributed by atoms with E-state index in [1.165, 1.54) is 71.3 Å². The zero-order valence-corrected chi connectivity index (χ0v) is 20.2. The molecule has 1 heteroatoms. The monoisotopic (exact) mass is 459 g/mol. The summed E-state index contributed by atoms with van der Waals surface area (Å²) in [6.45, 7) is 2.31. The van der Waals surface area contributed by atoms with Crippen molar-refractivity contribution in [3.8, 4) is 16.8 Å². The Balaban J connectivity index is 1.49. The van der Waals surface area contributed by atoms with Crippen molar-refractivity contribution in [2.45, 2.75) is 19.3 Å². The Morgan fingerprint density at radius 1 is 0.583 bits per heavy atom. The third-order valence-electron chi connectivity index (χ3n) is 8.25. The molecule has 0 N–H and O–H groups in total. The Morgan fingerprint density at radius 2 is 1.36 bits per heavy atom. The molecule has 1 unspecified atom stereocenters. The van der Waals surface area contributed by atoms with Crippen molar-refractivity contribution in [3.63, 3.8) is 0 Å². The van der Waals surface area contributed by atoms with Gasteiger partial charge in [-0.1, -0.05) is 97.9 Å². The third-order valence-corrected chi connectivity index (χ3v) is 8.25. The molecule has 0 spiro atoms. The van der Waals surface area contributed by atoms with Crippen LogP contribution in [-0.4, -0.2) is 4.57 Å². The molecular formula is C35H25N. The minimum absolute atomic E-state index is 0.482. The second-order valence-corrected chi connectivity index (χ2v) is 10.0. The van der Waals surface area contributed by atoms with Crippen LogP contribution in [-0.2, 0) is 0 Å². The lowest BCUT2D eigenvalue weighted by atomic mass is 9.92. The van der Waals surface area contributed by atoms with Crippen molar-refractivity contribution < 1.29 is 0 Å². The molecule has 0 radical (unpaired) electrons. The summed E-state index contributed by atoms with van der Waals surface area (Å²) in [7, 11) is 0. The lowest BCUT2D eigenvalue weighted by Crippen LogP contribution is -1.94. The minimum Gasteiger partial charge on any atom is -0.309 e. The molecule has 7 aromatic rings. The fraction of sp³-hybridized carbons (Fsp3) is 0.0857. The van der Waals surface area contributed by atoms with Crippen molar-refractivity contribution >= 4 is 43.4 Å². The molecule has 0 saturated carbocycles. The number of aromatic nitrogens is 1. The molecule has 0 amide bonds. The highest BCUT2D eigenvalue weighted by atomic mass is 15.0. The molecule has 1 heterocycles. The lowest BCUT2D eigenvalue weighted by molar-refractivity contribution is 0.798. The zero-order chi connectivity index (χ0) is 23.8. The van der Waals surface area contributed by atoms with Crippen LogP contribution < -0.4 is 0 Å². The van der Waals surface area contributed by atoms with Gasteiger partial charge in [0.05, 0.1) is 11.0 Å². The van der Waals surface area contributed by atoms with Gasteiger partial charge < -0.3 is 4.57 Å². The van der Waals surface area contributed by atoms with E-state index in [0.29, 0.717) is 5.92 Å². The standard InChI is InChI=1S/C35H25N/c1-2-25-26-11-5-6-12-27(26)34-28(25)17-18-30-29(34)19-20-33-35(30)31-13-7-8-14-32(31)36(33)24-16-15-22-9-3-4-10-23(22)21-24/h3-21,25H,2H2,1H3. The molecular weight excluding hydrogens is 434 g/mol. The Bertz CT molecular complexity index is 1990. The average Bonchev–Trinajstić information content (AvgIpc) is 3.45. The van der Waals surface area contributed by atoms with E-state index in [1.807, 2.05) is 0 Å².